The van der Waals surface area contributed by atoms with Crippen LogP contribution in [0.2, 0.25) is 0 Å². The van der Waals surface area contributed by atoms with E-state index in [1.54, 1.807) is 0 Å². The van der Waals surface area contributed by atoms with Crippen molar-refractivity contribution in [1.29, 1.82) is 0 Å². The highest BCUT2D eigenvalue weighted by atomic mass is 16.2. The van der Waals surface area contributed by atoms with Gasteiger partial charge in [-0.3, -0.25) is 4.79 Å². The SMILES string of the molecule is CCNC(=NCc1ccc(C(=O)N2CCCCC2)cc1)N1CCC(C)C(n2ccnc2)C1. The average Bonchev–Trinajstić information content (AvgIpc) is 3.37. The van der Waals surface area contributed by atoms with E-state index in [9.17, 15) is 4.79 Å². The summed E-state index contributed by atoms with van der Waals surface area (Å²) >= 11 is 0. The van der Waals surface area contributed by atoms with E-state index >= 15 is 0 Å². The van der Waals surface area contributed by atoms with Crippen molar-refractivity contribution >= 4 is 11.9 Å². The lowest BCUT2D eigenvalue weighted by molar-refractivity contribution is 0.0724. The van der Waals surface area contributed by atoms with Crippen LogP contribution >= 0.6 is 0 Å². The van der Waals surface area contributed by atoms with Crippen LogP contribution in [0.15, 0.2) is 48.0 Å². The molecule has 3 heterocycles. The maximum atomic E-state index is 12.7. The standard InChI is InChI=1S/C25H36N6O/c1-3-27-25(30-15-11-20(2)23(18-30)31-16-12-26-19-31)28-17-21-7-9-22(10-8-21)24(32)29-13-5-4-6-14-29/h7-10,12,16,19-20,23H,3-6,11,13-15,17-18H2,1-2H3,(H,27,28). The molecule has 1 aromatic heterocycles. The number of guanidine groups is 1. The fourth-order valence-corrected chi connectivity index (χ4v) is 4.72. The smallest absolute Gasteiger partial charge is 0.253 e. The third-order valence-electron chi connectivity index (χ3n) is 6.72. The molecule has 7 nitrogen and oxygen atoms in total. The number of imidazole rings is 1. The predicted molar refractivity (Wildman–Crippen MR) is 128 cm³/mol. The number of carbonyl (C=O) groups excluding carboxylic acids is 1. The van der Waals surface area contributed by atoms with Crippen LogP contribution in [0, 0.1) is 5.92 Å². The Labute approximate surface area is 191 Å². The zero-order valence-corrected chi connectivity index (χ0v) is 19.4. The van der Waals surface area contributed by atoms with Crippen LogP contribution in [-0.4, -0.2) is 63.9 Å². The highest BCUT2D eigenvalue weighted by Gasteiger charge is 2.28. The highest BCUT2D eigenvalue weighted by Crippen LogP contribution is 2.27. The molecule has 32 heavy (non-hydrogen) atoms. The minimum Gasteiger partial charge on any atom is -0.357 e. The van der Waals surface area contributed by atoms with E-state index in [4.69, 9.17) is 4.99 Å². The number of likely N-dealkylation sites (tertiary alicyclic amines) is 2. The molecule has 0 radical (unpaired) electrons. The van der Waals surface area contributed by atoms with E-state index in [1.165, 1.54) is 6.42 Å². The molecule has 1 amide bonds. The molecule has 0 spiro atoms. The van der Waals surface area contributed by atoms with Crippen LogP contribution in [0.25, 0.3) is 0 Å². The molecule has 2 atom stereocenters. The number of aliphatic imine (C=N–C) groups is 1. The summed E-state index contributed by atoms with van der Waals surface area (Å²) < 4.78 is 2.22. The second kappa shape index (κ2) is 10.7. The predicted octanol–water partition coefficient (Wildman–Crippen LogP) is 3.56. The summed E-state index contributed by atoms with van der Waals surface area (Å²) in [6.07, 6.45) is 10.4. The fraction of sp³-hybridized carbons (Fsp3) is 0.560. The zero-order chi connectivity index (χ0) is 22.3. The molecule has 7 heteroatoms. The van der Waals surface area contributed by atoms with Crippen molar-refractivity contribution in [1.82, 2.24) is 24.7 Å². The number of nitrogens with zero attached hydrogens (tertiary/aromatic N) is 5. The summed E-state index contributed by atoms with van der Waals surface area (Å²) in [6, 6.07) is 8.38. The number of rotatable bonds is 5. The maximum absolute atomic E-state index is 12.7. The largest absolute Gasteiger partial charge is 0.357 e. The van der Waals surface area contributed by atoms with Gasteiger partial charge in [-0.15, -0.1) is 0 Å². The van der Waals surface area contributed by atoms with Crippen LogP contribution in [-0.2, 0) is 6.54 Å². The summed E-state index contributed by atoms with van der Waals surface area (Å²) in [6.45, 7) is 9.55. The Morgan fingerprint density at radius 3 is 2.59 bits per heavy atom. The van der Waals surface area contributed by atoms with Crippen molar-refractivity contribution in [3.63, 3.8) is 0 Å². The molecule has 0 aliphatic carbocycles. The Bertz CT molecular complexity index is 886. The van der Waals surface area contributed by atoms with Gasteiger partial charge >= 0.3 is 0 Å². The summed E-state index contributed by atoms with van der Waals surface area (Å²) in [5, 5.41) is 3.47. The Hall–Kier alpha value is -2.83. The molecular weight excluding hydrogens is 400 g/mol. The molecule has 2 aliphatic heterocycles. The van der Waals surface area contributed by atoms with Gasteiger partial charge in [-0.25, -0.2) is 9.98 Å². The molecule has 1 N–H and O–H groups in total. The quantitative estimate of drug-likeness (QED) is 0.575. The Morgan fingerprint density at radius 1 is 1.12 bits per heavy atom. The van der Waals surface area contributed by atoms with Gasteiger partial charge < -0.3 is 19.7 Å². The topological polar surface area (TPSA) is 65.8 Å². The lowest BCUT2D eigenvalue weighted by Crippen LogP contribution is -2.49. The monoisotopic (exact) mass is 436 g/mol. The summed E-state index contributed by atoms with van der Waals surface area (Å²) in [5.74, 6) is 1.72. The zero-order valence-electron chi connectivity index (χ0n) is 19.4. The number of carbonyl (C=O) groups is 1. The van der Waals surface area contributed by atoms with Crippen LogP contribution in [0.1, 0.15) is 61.5 Å². The minimum atomic E-state index is 0.154. The second-order valence-electron chi connectivity index (χ2n) is 9.01. The first kappa shape index (κ1) is 22.4. The van der Waals surface area contributed by atoms with E-state index in [2.05, 4.69) is 39.8 Å². The first-order chi connectivity index (χ1) is 15.7. The molecule has 1 aromatic carbocycles. The normalized spacial score (nSPS) is 22.1. The molecule has 4 rings (SSSR count). The van der Waals surface area contributed by atoms with Gasteiger partial charge in [0.15, 0.2) is 5.96 Å². The third kappa shape index (κ3) is 5.31. The van der Waals surface area contributed by atoms with Gasteiger partial charge in [-0.05, 0) is 56.2 Å². The van der Waals surface area contributed by atoms with E-state index in [-0.39, 0.29) is 5.91 Å². The third-order valence-corrected chi connectivity index (χ3v) is 6.72. The van der Waals surface area contributed by atoms with Crippen LogP contribution in [0.5, 0.6) is 0 Å². The van der Waals surface area contributed by atoms with E-state index < -0.39 is 0 Å². The van der Waals surface area contributed by atoms with Crippen molar-refractivity contribution in [2.45, 2.75) is 52.1 Å². The Morgan fingerprint density at radius 2 is 1.91 bits per heavy atom. The number of aromatic nitrogens is 2. The molecule has 2 unspecified atom stereocenters. The second-order valence-corrected chi connectivity index (χ2v) is 9.01. The number of hydrogen-bond acceptors (Lipinski definition) is 3. The van der Waals surface area contributed by atoms with E-state index in [0.29, 0.717) is 18.5 Å². The summed E-state index contributed by atoms with van der Waals surface area (Å²) in [4.78, 5) is 26.2. The number of amides is 1. The van der Waals surface area contributed by atoms with Crippen molar-refractivity contribution in [2.75, 3.05) is 32.7 Å². The number of piperidine rings is 2. The fourth-order valence-electron chi connectivity index (χ4n) is 4.72. The van der Waals surface area contributed by atoms with Crippen LogP contribution in [0.3, 0.4) is 0 Å². The van der Waals surface area contributed by atoms with Gasteiger partial charge in [0.2, 0.25) is 0 Å². The van der Waals surface area contributed by atoms with Crippen molar-refractivity contribution in [3.05, 3.63) is 54.1 Å². The summed E-state index contributed by atoms with van der Waals surface area (Å²) in [5.41, 5.74) is 1.90. The lowest BCUT2D eigenvalue weighted by atomic mass is 9.93. The molecule has 2 aliphatic rings. The summed E-state index contributed by atoms with van der Waals surface area (Å²) in [7, 11) is 0. The van der Waals surface area contributed by atoms with Gasteiger partial charge in [-0.1, -0.05) is 19.1 Å². The van der Waals surface area contributed by atoms with Crippen LogP contribution < -0.4 is 5.32 Å². The highest BCUT2D eigenvalue weighted by molar-refractivity contribution is 5.94. The number of nitrogens with one attached hydrogen (secondary N) is 1. The average molecular weight is 437 g/mol. The lowest BCUT2D eigenvalue weighted by Gasteiger charge is -2.39. The van der Waals surface area contributed by atoms with Crippen molar-refractivity contribution in [3.8, 4) is 0 Å². The minimum absolute atomic E-state index is 0.154. The first-order valence-corrected chi connectivity index (χ1v) is 12.0. The molecular formula is C25H36N6O. The molecule has 2 aromatic rings. The van der Waals surface area contributed by atoms with Gasteiger partial charge in [0, 0.05) is 50.7 Å². The number of hydrogen-bond donors (Lipinski definition) is 1. The van der Waals surface area contributed by atoms with Crippen molar-refractivity contribution in [2.24, 2.45) is 10.9 Å². The number of benzene rings is 1. The van der Waals surface area contributed by atoms with Crippen molar-refractivity contribution < 1.29 is 4.79 Å². The van der Waals surface area contributed by atoms with Gasteiger partial charge in [-0.2, -0.15) is 0 Å². The van der Waals surface area contributed by atoms with Gasteiger partial charge in [0.1, 0.15) is 0 Å². The molecule has 0 bridgehead atoms. The molecule has 172 valence electrons. The Balaban J connectivity index is 1.41. The van der Waals surface area contributed by atoms with Crippen LogP contribution in [0.4, 0.5) is 0 Å². The maximum Gasteiger partial charge on any atom is 0.253 e. The van der Waals surface area contributed by atoms with Gasteiger partial charge in [0.05, 0.1) is 18.9 Å². The first-order valence-electron chi connectivity index (χ1n) is 12.0. The molecule has 2 fully saturated rings. The van der Waals surface area contributed by atoms with E-state index in [0.717, 1.165) is 69.1 Å². The van der Waals surface area contributed by atoms with E-state index in [1.807, 2.05) is 41.7 Å². The molecule has 2 saturated heterocycles. The van der Waals surface area contributed by atoms with Gasteiger partial charge in [0.25, 0.3) is 5.91 Å². The Kier molecular flexibility index (Phi) is 7.45. The molecule has 0 saturated carbocycles.